The zero-order valence-electron chi connectivity index (χ0n) is 12.9. The molecule has 1 atom stereocenters. The quantitative estimate of drug-likeness (QED) is 0.897. The summed E-state index contributed by atoms with van der Waals surface area (Å²) < 4.78 is 5.64. The molecule has 0 unspecified atom stereocenters. The molecule has 3 nitrogen and oxygen atoms in total. The second-order valence-electron chi connectivity index (χ2n) is 7.02. The van der Waals surface area contributed by atoms with Crippen molar-refractivity contribution >= 4 is 0 Å². The van der Waals surface area contributed by atoms with Gasteiger partial charge in [0.05, 0.1) is 6.61 Å². The number of rotatable bonds is 2. The Hall–Kier alpha value is -1.06. The summed E-state index contributed by atoms with van der Waals surface area (Å²) in [7, 11) is 0. The van der Waals surface area contributed by atoms with Crippen LogP contribution in [0.2, 0.25) is 0 Å². The predicted molar refractivity (Wildman–Crippen MR) is 82.3 cm³/mol. The molecule has 0 amide bonds. The average Bonchev–Trinajstić information content (AvgIpc) is 2.86. The molecule has 1 saturated heterocycles. The Labute approximate surface area is 122 Å². The van der Waals surface area contributed by atoms with Gasteiger partial charge in [0.1, 0.15) is 5.75 Å². The number of benzene rings is 1. The SMILES string of the molecule is CC(C)(C)[C@@H](c1ccc2c(c1)CCO2)N1CCNCC1. The lowest BCUT2D eigenvalue weighted by atomic mass is 9.80. The van der Waals surface area contributed by atoms with Gasteiger partial charge in [0.2, 0.25) is 0 Å². The van der Waals surface area contributed by atoms with E-state index < -0.39 is 0 Å². The Morgan fingerprint density at radius 2 is 1.95 bits per heavy atom. The average molecular weight is 274 g/mol. The van der Waals surface area contributed by atoms with E-state index in [4.69, 9.17) is 4.74 Å². The number of piperazine rings is 1. The molecular formula is C17H26N2O. The van der Waals surface area contributed by atoms with Gasteiger partial charge in [-0.2, -0.15) is 0 Å². The van der Waals surface area contributed by atoms with E-state index in [1.54, 1.807) is 0 Å². The molecule has 2 aliphatic rings. The molecule has 3 rings (SSSR count). The Morgan fingerprint density at radius 1 is 1.20 bits per heavy atom. The molecule has 1 aromatic carbocycles. The zero-order chi connectivity index (χ0) is 14.2. The van der Waals surface area contributed by atoms with Crippen molar-refractivity contribution in [2.75, 3.05) is 32.8 Å². The monoisotopic (exact) mass is 274 g/mol. The van der Waals surface area contributed by atoms with E-state index in [-0.39, 0.29) is 5.41 Å². The van der Waals surface area contributed by atoms with E-state index in [9.17, 15) is 0 Å². The summed E-state index contributed by atoms with van der Waals surface area (Å²) in [5, 5.41) is 3.45. The molecule has 0 aliphatic carbocycles. The highest BCUT2D eigenvalue weighted by atomic mass is 16.5. The van der Waals surface area contributed by atoms with Crippen molar-refractivity contribution in [3.05, 3.63) is 29.3 Å². The predicted octanol–water partition coefficient (Wildman–Crippen LogP) is 2.61. The molecule has 1 N–H and O–H groups in total. The van der Waals surface area contributed by atoms with Crippen LogP contribution in [0.5, 0.6) is 5.75 Å². The van der Waals surface area contributed by atoms with Crippen LogP contribution in [0.1, 0.15) is 37.9 Å². The second kappa shape index (κ2) is 5.38. The first-order valence-electron chi connectivity index (χ1n) is 7.76. The van der Waals surface area contributed by atoms with Crippen LogP contribution in [-0.4, -0.2) is 37.7 Å². The first-order chi connectivity index (χ1) is 9.55. The molecule has 2 aliphatic heterocycles. The zero-order valence-corrected chi connectivity index (χ0v) is 12.9. The maximum absolute atomic E-state index is 5.64. The number of hydrogen-bond donors (Lipinski definition) is 1. The summed E-state index contributed by atoms with van der Waals surface area (Å²) in [6.45, 7) is 12.4. The first-order valence-corrected chi connectivity index (χ1v) is 7.76. The molecule has 110 valence electrons. The lowest BCUT2D eigenvalue weighted by Gasteiger charge is -2.42. The van der Waals surface area contributed by atoms with E-state index in [2.05, 4.69) is 49.2 Å². The summed E-state index contributed by atoms with van der Waals surface area (Å²) in [5.41, 5.74) is 3.07. The molecule has 20 heavy (non-hydrogen) atoms. The molecule has 0 spiro atoms. The van der Waals surface area contributed by atoms with Crippen LogP contribution in [0.4, 0.5) is 0 Å². The van der Waals surface area contributed by atoms with E-state index >= 15 is 0 Å². The van der Waals surface area contributed by atoms with E-state index in [1.807, 2.05) is 0 Å². The highest BCUT2D eigenvalue weighted by Crippen LogP contribution is 2.40. The number of nitrogens with zero attached hydrogens (tertiary/aromatic N) is 1. The molecule has 1 aromatic rings. The maximum atomic E-state index is 5.64. The second-order valence-corrected chi connectivity index (χ2v) is 7.02. The largest absolute Gasteiger partial charge is 0.493 e. The third-order valence-corrected chi connectivity index (χ3v) is 4.37. The minimum absolute atomic E-state index is 0.241. The lowest BCUT2D eigenvalue weighted by Crippen LogP contribution is -2.48. The van der Waals surface area contributed by atoms with Crippen molar-refractivity contribution in [1.29, 1.82) is 0 Å². The van der Waals surface area contributed by atoms with Crippen LogP contribution < -0.4 is 10.1 Å². The highest BCUT2D eigenvalue weighted by molar-refractivity contribution is 5.41. The molecule has 0 aromatic heterocycles. The third kappa shape index (κ3) is 2.70. The number of ether oxygens (including phenoxy) is 1. The topological polar surface area (TPSA) is 24.5 Å². The molecule has 0 bridgehead atoms. The van der Waals surface area contributed by atoms with Gasteiger partial charge >= 0.3 is 0 Å². The van der Waals surface area contributed by atoms with Gasteiger partial charge in [-0.1, -0.05) is 32.9 Å². The number of hydrogen-bond acceptors (Lipinski definition) is 3. The maximum Gasteiger partial charge on any atom is 0.122 e. The summed E-state index contributed by atoms with van der Waals surface area (Å²) in [6, 6.07) is 7.29. The number of fused-ring (bicyclic) bond motifs is 1. The smallest absolute Gasteiger partial charge is 0.122 e. The van der Waals surface area contributed by atoms with Crippen LogP contribution in [0, 0.1) is 5.41 Å². The van der Waals surface area contributed by atoms with Gasteiger partial charge in [-0.15, -0.1) is 0 Å². The van der Waals surface area contributed by atoms with Gasteiger partial charge in [0, 0.05) is 38.6 Å². The van der Waals surface area contributed by atoms with Crippen LogP contribution in [0.25, 0.3) is 0 Å². The summed E-state index contributed by atoms with van der Waals surface area (Å²) >= 11 is 0. The fourth-order valence-electron chi connectivity index (χ4n) is 3.58. The Kier molecular flexibility index (Phi) is 3.74. The van der Waals surface area contributed by atoms with Crippen LogP contribution in [0.3, 0.4) is 0 Å². The van der Waals surface area contributed by atoms with Gasteiger partial charge in [0.25, 0.3) is 0 Å². The Bertz CT molecular complexity index is 472. The standard InChI is InChI=1S/C17H26N2O/c1-17(2,3)16(19-9-7-18-8-10-19)14-4-5-15-13(12-14)6-11-20-15/h4-5,12,16,18H,6-11H2,1-3H3/t16-/m1/s1. The summed E-state index contributed by atoms with van der Waals surface area (Å²) in [4.78, 5) is 2.63. The van der Waals surface area contributed by atoms with Crippen LogP contribution >= 0.6 is 0 Å². The van der Waals surface area contributed by atoms with Gasteiger partial charge in [-0.05, 0) is 22.6 Å². The van der Waals surface area contributed by atoms with Crippen molar-refractivity contribution in [2.24, 2.45) is 5.41 Å². The Balaban J connectivity index is 1.92. The molecular weight excluding hydrogens is 248 g/mol. The molecule has 1 fully saturated rings. The molecule has 0 saturated carbocycles. The van der Waals surface area contributed by atoms with Crippen LogP contribution in [-0.2, 0) is 6.42 Å². The van der Waals surface area contributed by atoms with Gasteiger partial charge < -0.3 is 10.1 Å². The molecule has 2 heterocycles. The normalized spacial score (nSPS) is 21.4. The first kappa shape index (κ1) is 13.9. The van der Waals surface area contributed by atoms with E-state index in [0.717, 1.165) is 45.0 Å². The minimum atomic E-state index is 0.241. The van der Waals surface area contributed by atoms with Crippen LogP contribution in [0.15, 0.2) is 18.2 Å². The molecule has 0 radical (unpaired) electrons. The van der Waals surface area contributed by atoms with Crippen molar-refractivity contribution in [1.82, 2.24) is 10.2 Å². The Morgan fingerprint density at radius 3 is 2.65 bits per heavy atom. The van der Waals surface area contributed by atoms with Crippen molar-refractivity contribution in [3.8, 4) is 5.75 Å². The van der Waals surface area contributed by atoms with Gasteiger partial charge in [0.15, 0.2) is 0 Å². The number of nitrogens with one attached hydrogen (secondary N) is 1. The highest BCUT2D eigenvalue weighted by Gasteiger charge is 2.33. The summed E-state index contributed by atoms with van der Waals surface area (Å²) in [6.07, 6.45) is 1.06. The fourth-order valence-corrected chi connectivity index (χ4v) is 3.58. The lowest BCUT2D eigenvalue weighted by molar-refractivity contribution is 0.0862. The third-order valence-electron chi connectivity index (χ3n) is 4.37. The van der Waals surface area contributed by atoms with E-state index in [1.165, 1.54) is 11.1 Å². The van der Waals surface area contributed by atoms with Crippen molar-refractivity contribution in [3.63, 3.8) is 0 Å². The summed E-state index contributed by atoms with van der Waals surface area (Å²) in [5.74, 6) is 1.08. The fraction of sp³-hybridized carbons (Fsp3) is 0.647. The molecule has 3 heteroatoms. The minimum Gasteiger partial charge on any atom is -0.493 e. The van der Waals surface area contributed by atoms with Crippen molar-refractivity contribution in [2.45, 2.75) is 33.2 Å². The van der Waals surface area contributed by atoms with Crippen molar-refractivity contribution < 1.29 is 4.74 Å². The van der Waals surface area contributed by atoms with E-state index in [0.29, 0.717) is 6.04 Å². The van der Waals surface area contributed by atoms with Gasteiger partial charge in [-0.3, -0.25) is 4.90 Å². The van der Waals surface area contributed by atoms with Gasteiger partial charge in [-0.25, -0.2) is 0 Å².